The third kappa shape index (κ3) is 6.05. The molecule has 1 fully saturated rings. The number of esters is 1. The molecule has 1 N–H and O–H groups in total. The first-order valence-electron chi connectivity index (χ1n) is 7.33. The van der Waals surface area contributed by atoms with E-state index >= 15 is 0 Å². The van der Waals surface area contributed by atoms with Crippen LogP contribution in [0, 0.1) is 0 Å². The third-order valence-corrected chi connectivity index (χ3v) is 3.35. The van der Waals surface area contributed by atoms with Crippen molar-refractivity contribution in [3.8, 4) is 0 Å². The van der Waals surface area contributed by atoms with Crippen molar-refractivity contribution in [2.75, 3.05) is 26.2 Å². The Balaban J connectivity index is 2.14. The zero-order chi connectivity index (χ0) is 14.1. The molecule has 0 saturated carbocycles. The maximum absolute atomic E-state index is 12.1. The van der Waals surface area contributed by atoms with Crippen molar-refractivity contribution >= 4 is 11.9 Å². The minimum atomic E-state index is -0.167. The summed E-state index contributed by atoms with van der Waals surface area (Å²) >= 11 is 0. The molecule has 1 aliphatic heterocycles. The van der Waals surface area contributed by atoms with Crippen LogP contribution >= 0.6 is 0 Å². The highest BCUT2D eigenvalue weighted by atomic mass is 16.5. The second-order valence-electron chi connectivity index (χ2n) is 4.97. The summed E-state index contributed by atoms with van der Waals surface area (Å²) < 4.78 is 4.85. The molecule has 1 amide bonds. The molecule has 19 heavy (non-hydrogen) atoms. The highest BCUT2D eigenvalue weighted by Gasteiger charge is 2.21. The van der Waals surface area contributed by atoms with Crippen molar-refractivity contribution < 1.29 is 14.3 Å². The molecule has 0 spiro atoms. The van der Waals surface area contributed by atoms with Crippen molar-refractivity contribution in [1.82, 2.24) is 10.2 Å². The predicted molar refractivity (Wildman–Crippen MR) is 73.8 cm³/mol. The number of carbonyl (C=O) groups is 2. The monoisotopic (exact) mass is 270 g/mol. The molecular weight excluding hydrogens is 244 g/mol. The van der Waals surface area contributed by atoms with E-state index in [4.69, 9.17) is 4.74 Å². The molecule has 0 bridgehead atoms. The van der Waals surface area contributed by atoms with Gasteiger partial charge in [0.05, 0.1) is 12.6 Å². The lowest BCUT2D eigenvalue weighted by Crippen LogP contribution is -2.47. The molecule has 1 atom stereocenters. The Bertz CT molecular complexity index is 288. The van der Waals surface area contributed by atoms with Crippen molar-refractivity contribution in [3.05, 3.63) is 0 Å². The topological polar surface area (TPSA) is 58.6 Å². The maximum Gasteiger partial charge on any atom is 0.305 e. The van der Waals surface area contributed by atoms with E-state index in [0.717, 1.165) is 25.9 Å². The predicted octanol–water partition coefficient (Wildman–Crippen LogP) is 1.32. The molecule has 1 unspecified atom stereocenters. The minimum Gasteiger partial charge on any atom is -0.466 e. The van der Waals surface area contributed by atoms with E-state index in [9.17, 15) is 9.59 Å². The molecule has 1 heterocycles. The van der Waals surface area contributed by atoms with Gasteiger partial charge in [-0.05, 0) is 46.1 Å². The van der Waals surface area contributed by atoms with Gasteiger partial charge in [-0.15, -0.1) is 0 Å². The van der Waals surface area contributed by atoms with Gasteiger partial charge in [-0.25, -0.2) is 0 Å². The molecule has 110 valence electrons. The van der Waals surface area contributed by atoms with Crippen LogP contribution in [-0.2, 0) is 14.3 Å². The lowest BCUT2D eigenvalue weighted by molar-refractivity contribution is -0.143. The van der Waals surface area contributed by atoms with Crippen LogP contribution in [0.15, 0.2) is 0 Å². The first kappa shape index (κ1) is 16.0. The van der Waals surface area contributed by atoms with Crippen LogP contribution in [0.1, 0.15) is 46.0 Å². The second kappa shape index (κ2) is 8.91. The van der Waals surface area contributed by atoms with Gasteiger partial charge in [0.1, 0.15) is 0 Å². The first-order chi connectivity index (χ1) is 9.15. The number of hydrogen-bond donors (Lipinski definition) is 1. The molecule has 5 nitrogen and oxygen atoms in total. The third-order valence-electron chi connectivity index (χ3n) is 3.35. The van der Waals surface area contributed by atoms with Gasteiger partial charge in [-0.3, -0.25) is 9.59 Å². The molecule has 1 saturated heterocycles. The molecule has 1 aliphatic rings. The van der Waals surface area contributed by atoms with E-state index in [1.54, 1.807) is 6.92 Å². The van der Waals surface area contributed by atoms with Crippen LogP contribution in [-0.4, -0.2) is 49.1 Å². The fourth-order valence-corrected chi connectivity index (χ4v) is 2.26. The van der Waals surface area contributed by atoms with Crippen molar-refractivity contribution in [2.24, 2.45) is 0 Å². The highest BCUT2D eigenvalue weighted by molar-refractivity contribution is 5.81. The second-order valence-corrected chi connectivity index (χ2v) is 4.97. The smallest absolute Gasteiger partial charge is 0.305 e. The fourth-order valence-electron chi connectivity index (χ4n) is 2.26. The van der Waals surface area contributed by atoms with Crippen molar-refractivity contribution in [3.63, 3.8) is 0 Å². The van der Waals surface area contributed by atoms with Crippen LogP contribution in [0.4, 0.5) is 0 Å². The Labute approximate surface area is 115 Å². The lowest BCUT2D eigenvalue weighted by atomic mass is 10.1. The van der Waals surface area contributed by atoms with Crippen molar-refractivity contribution in [2.45, 2.75) is 52.0 Å². The number of carbonyl (C=O) groups excluding carboxylic acids is 2. The molecule has 0 aromatic carbocycles. The van der Waals surface area contributed by atoms with Gasteiger partial charge in [0.25, 0.3) is 0 Å². The SMILES string of the molecule is CCOC(=O)CCCNC(C)C(=O)N1CCCCC1. The molecular formula is C14H26N2O3. The molecule has 1 rings (SSSR count). The van der Waals surface area contributed by atoms with Gasteiger partial charge in [-0.1, -0.05) is 0 Å². The van der Waals surface area contributed by atoms with Crippen LogP contribution in [0.3, 0.4) is 0 Å². The summed E-state index contributed by atoms with van der Waals surface area (Å²) in [4.78, 5) is 25.2. The van der Waals surface area contributed by atoms with Gasteiger partial charge in [0.2, 0.25) is 5.91 Å². The van der Waals surface area contributed by atoms with E-state index in [1.165, 1.54) is 6.42 Å². The normalized spacial score (nSPS) is 17.1. The van der Waals surface area contributed by atoms with Crippen LogP contribution in [0.25, 0.3) is 0 Å². The summed E-state index contributed by atoms with van der Waals surface area (Å²) in [5, 5.41) is 3.18. The average molecular weight is 270 g/mol. The van der Waals surface area contributed by atoms with E-state index in [0.29, 0.717) is 26.0 Å². The Hall–Kier alpha value is -1.10. The number of amides is 1. The molecule has 0 radical (unpaired) electrons. The van der Waals surface area contributed by atoms with Gasteiger partial charge < -0.3 is 15.0 Å². The van der Waals surface area contributed by atoms with Crippen molar-refractivity contribution in [1.29, 1.82) is 0 Å². The Morgan fingerprint density at radius 3 is 2.58 bits per heavy atom. The zero-order valence-corrected chi connectivity index (χ0v) is 12.1. The molecule has 0 aromatic heterocycles. The summed E-state index contributed by atoms with van der Waals surface area (Å²) in [6.45, 7) is 6.55. The van der Waals surface area contributed by atoms with E-state index < -0.39 is 0 Å². The Kier molecular flexibility index (Phi) is 7.48. The Morgan fingerprint density at radius 1 is 1.26 bits per heavy atom. The zero-order valence-electron chi connectivity index (χ0n) is 12.1. The number of nitrogens with zero attached hydrogens (tertiary/aromatic N) is 1. The van der Waals surface area contributed by atoms with Crippen LogP contribution in [0.2, 0.25) is 0 Å². The number of piperidine rings is 1. The lowest BCUT2D eigenvalue weighted by Gasteiger charge is -2.29. The first-order valence-corrected chi connectivity index (χ1v) is 7.33. The number of likely N-dealkylation sites (tertiary alicyclic amines) is 1. The number of ether oxygens (including phenoxy) is 1. The summed E-state index contributed by atoms with van der Waals surface area (Å²) in [5.74, 6) is 0.00939. The summed E-state index contributed by atoms with van der Waals surface area (Å²) in [5.41, 5.74) is 0. The number of rotatable bonds is 7. The summed E-state index contributed by atoms with van der Waals surface area (Å²) in [6, 6.07) is -0.166. The fraction of sp³-hybridized carbons (Fsp3) is 0.857. The van der Waals surface area contributed by atoms with E-state index in [2.05, 4.69) is 5.32 Å². The van der Waals surface area contributed by atoms with Gasteiger partial charge >= 0.3 is 5.97 Å². The molecule has 0 aliphatic carbocycles. The summed E-state index contributed by atoms with van der Waals surface area (Å²) in [6.07, 6.45) is 4.57. The van der Waals surface area contributed by atoms with E-state index in [-0.39, 0.29) is 17.9 Å². The largest absolute Gasteiger partial charge is 0.466 e. The number of hydrogen-bond acceptors (Lipinski definition) is 4. The van der Waals surface area contributed by atoms with Gasteiger partial charge in [0.15, 0.2) is 0 Å². The van der Waals surface area contributed by atoms with Gasteiger partial charge in [0, 0.05) is 19.5 Å². The highest BCUT2D eigenvalue weighted by Crippen LogP contribution is 2.09. The van der Waals surface area contributed by atoms with E-state index in [1.807, 2.05) is 11.8 Å². The molecule has 5 heteroatoms. The standard InChI is InChI=1S/C14H26N2O3/c1-3-19-13(17)8-7-9-15-12(2)14(18)16-10-5-4-6-11-16/h12,15H,3-11H2,1-2H3. The van der Waals surface area contributed by atoms with Gasteiger partial charge in [-0.2, -0.15) is 0 Å². The summed E-state index contributed by atoms with van der Waals surface area (Å²) in [7, 11) is 0. The Morgan fingerprint density at radius 2 is 1.95 bits per heavy atom. The average Bonchev–Trinajstić information content (AvgIpc) is 2.44. The van der Waals surface area contributed by atoms with Crippen LogP contribution in [0.5, 0.6) is 0 Å². The van der Waals surface area contributed by atoms with Crippen LogP contribution < -0.4 is 5.32 Å². The molecule has 0 aromatic rings. The number of nitrogens with one attached hydrogen (secondary N) is 1. The maximum atomic E-state index is 12.1. The quantitative estimate of drug-likeness (QED) is 0.560. The minimum absolute atomic E-state index is 0.166.